The standard InChI is InChI=1S/C14H13ClN2O/c15-10-14(18)17(12-4-2-1-3-5-12)13-8-6-11(16)7-9-13/h1-9H,10,16H2. The van der Waals surface area contributed by atoms with Crippen LogP contribution < -0.4 is 10.6 Å². The van der Waals surface area contributed by atoms with E-state index < -0.39 is 0 Å². The fourth-order valence-corrected chi connectivity index (χ4v) is 1.82. The van der Waals surface area contributed by atoms with Crippen LogP contribution >= 0.6 is 11.6 Å². The number of anilines is 3. The molecule has 0 bridgehead atoms. The summed E-state index contributed by atoms with van der Waals surface area (Å²) in [7, 11) is 0. The lowest BCUT2D eigenvalue weighted by molar-refractivity contribution is -0.115. The highest BCUT2D eigenvalue weighted by Crippen LogP contribution is 2.26. The Labute approximate surface area is 111 Å². The van der Waals surface area contributed by atoms with Gasteiger partial charge in [0.05, 0.1) is 0 Å². The van der Waals surface area contributed by atoms with Gasteiger partial charge < -0.3 is 5.73 Å². The van der Waals surface area contributed by atoms with Gasteiger partial charge in [-0.1, -0.05) is 18.2 Å². The van der Waals surface area contributed by atoms with Crippen molar-refractivity contribution in [2.24, 2.45) is 0 Å². The molecule has 2 N–H and O–H groups in total. The zero-order chi connectivity index (χ0) is 13.0. The smallest absolute Gasteiger partial charge is 0.246 e. The molecule has 0 aliphatic heterocycles. The zero-order valence-corrected chi connectivity index (χ0v) is 10.5. The van der Waals surface area contributed by atoms with E-state index in [9.17, 15) is 4.79 Å². The van der Waals surface area contributed by atoms with E-state index >= 15 is 0 Å². The van der Waals surface area contributed by atoms with Gasteiger partial charge >= 0.3 is 0 Å². The van der Waals surface area contributed by atoms with Gasteiger partial charge in [-0.05, 0) is 36.4 Å². The minimum atomic E-state index is -0.173. The number of para-hydroxylation sites is 1. The number of carbonyl (C=O) groups is 1. The molecule has 2 aromatic carbocycles. The molecule has 0 unspecified atom stereocenters. The molecule has 2 rings (SSSR count). The number of benzene rings is 2. The van der Waals surface area contributed by atoms with Crippen molar-refractivity contribution < 1.29 is 4.79 Å². The molecular formula is C14H13ClN2O. The molecule has 0 radical (unpaired) electrons. The molecule has 0 aliphatic carbocycles. The molecule has 4 heteroatoms. The van der Waals surface area contributed by atoms with E-state index in [4.69, 9.17) is 17.3 Å². The number of rotatable bonds is 3. The van der Waals surface area contributed by atoms with Gasteiger partial charge in [-0.25, -0.2) is 0 Å². The van der Waals surface area contributed by atoms with E-state index in [2.05, 4.69) is 0 Å². The van der Waals surface area contributed by atoms with Crippen molar-refractivity contribution in [2.75, 3.05) is 16.5 Å². The number of hydrogen-bond acceptors (Lipinski definition) is 2. The second-order valence-electron chi connectivity index (χ2n) is 3.79. The van der Waals surface area contributed by atoms with Crippen molar-refractivity contribution >= 4 is 34.6 Å². The fraction of sp³-hybridized carbons (Fsp3) is 0.0714. The van der Waals surface area contributed by atoms with Crippen molar-refractivity contribution in [2.45, 2.75) is 0 Å². The maximum absolute atomic E-state index is 12.0. The Morgan fingerprint density at radius 2 is 1.56 bits per heavy atom. The number of nitrogen functional groups attached to an aromatic ring is 1. The largest absolute Gasteiger partial charge is 0.399 e. The molecule has 3 nitrogen and oxygen atoms in total. The molecule has 0 fully saturated rings. The summed E-state index contributed by atoms with van der Waals surface area (Å²) >= 11 is 5.66. The predicted octanol–water partition coefficient (Wildman–Crippen LogP) is 3.17. The van der Waals surface area contributed by atoms with E-state index in [0.29, 0.717) is 5.69 Å². The summed E-state index contributed by atoms with van der Waals surface area (Å²) in [6, 6.07) is 16.5. The van der Waals surface area contributed by atoms with Crippen LogP contribution in [0.15, 0.2) is 54.6 Å². The second kappa shape index (κ2) is 5.56. The van der Waals surface area contributed by atoms with Gasteiger partial charge in [-0.2, -0.15) is 0 Å². The maximum atomic E-state index is 12.0. The van der Waals surface area contributed by atoms with Crippen LogP contribution in [0.4, 0.5) is 17.1 Å². The minimum Gasteiger partial charge on any atom is -0.399 e. The molecule has 92 valence electrons. The van der Waals surface area contributed by atoms with E-state index in [0.717, 1.165) is 11.4 Å². The van der Waals surface area contributed by atoms with Gasteiger partial charge in [0.1, 0.15) is 5.88 Å². The summed E-state index contributed by atoms with van der Waals surface area (Å²) in [5.41, 5.74) is 7.84. The Morgan fingerprint density at radius 3 is 2.11 bits per heavy atom. The van der Waals surface area contributed by atoms with Crippen LogP contribution in [0.1, 0.15) is 0 Å². The van der Waals surface area contributed by atoms with Crippen LogP contribution in [0.5, 0.6) is 0 Å². The van der Waals surface area contributed by atoms with Gasteiger partial charge in [0.25, 0.3) is 0 Å². The highest BCUT2D eigenvalue weighted by molar-refractivity contribution is 6.30. The molecule has 1 amide bonds. The molecule has 18 heavy (non-hydrogen) atoms. The van der Waals surface area contributed by atoms with Gasteiger partial charge in [0.2, 0.25) is 5.91 Å². The summed E-state index contributed by atoms with van der Waals surface area (Å²) in [6.07, 6.45) is 0. The molecule has 0 spiro atoms. The summed E-state index contributed by atoms with van der Waals surface area (Å²) in [5, 5.41) is 0. The number of nitrogens with two attached hydrogens (primary N) is 1. The summed E-state index contributed by atoms with van der Waals surface area (Å²) in [6.45, 7) is 0. The molecule has 2 aromatic rings. The highest BCUT2D eigenvalue weighted by Gasteiger charge is 2.16. The van der Waals surface area contributed by atoms with E-state index in [-0.39, 0.29) is 11.8 Å². The van der Waals surface area contributed by atoms with Gasteiger partial charge in [-0.3, -0.25) is 9.69 Å². The molecule has 0 atom stereocenters. The molecule has 0 heterocycles. The van der Waals surface area contributed by atoms with Crippen LogP contribution in [-0.2, 0) is 4.79 Å². The first-order valence-corrected chi connectivity index (χ1v) is 6.05. The van der Waals surface area contributed by atoms with Crippen LogP contribution in [-0.4, -0.2) is 11.8 Å². The quantitative estimate of drug-likeness (QED) is 0.681. The normalized spacial score (nSPS) is 10.1. The number of alkyl halides is 1. The SMILES string of the molecule is Nc1ccc(N(C(=O)CCl)c2ccccc2)cc1. The van der Waals surface area contributed by atoms with Crippen molar-refractivity contribution in [1.82, 2.24) is 0 Å². The summed E-state index contributed by atoms with van der Waals surface area (Å²) < 4.78 is 0. The number of halogens is 1. The molecule has 0 aromatic heterocycles. The molecular weight excluding hydrogens is 248 g/mol. The van der Waals surface area contributed by atoms with Gasteiger partial charge in [0, 0.05) is 17.1 Å². The van der Waals surface area contributed by atoms with E-state index in [1.54, 1.807) is 29.2 Å². The minimum absolute atomic E-state index is 0.0702. The predicted molar refractivity (Wildman–Crippen MR) is 75.2 cm³/mol. The Morgan fingerprint density at radius 1 is 1.00 bits per heavy atom. The van der Waals surface area contributed by atoms with Crippen molar-refractivity contribution in [1.29, 1.82) is 0 Å². The first-order valence-electron chi connectivity index (χ1n) is 5.52. The fourth-order valence-electron chi connectivity index (χ4n) is 1.70. The van der Waals surface area contributed by atoms with Gasteiger partial charge in [-0.15, -0.1) is 11.6 Å². The van der Waals surface area contributed by atoms with E-state index in [1.807, 2.05) is 30.3 Å². The topological polar surface area (TPSA) is 46.3 Å². The Bertz CT molecular complexity index is 525. The number of nitrogens with zero attached hydrogens (tertiary/aromatic N) is 1. The third kappa shape index (κ3) is 2.63. The Hall–Kier alpha value is -2.00. The summed E-state index contributed by atoms with van der Waals surface area (Å²) in [5.74, 6) is -0.244. The maximum Gasteiger partial charge on any atom is 0.246 e. The third-order valence-electron chi connectivity index (χ3n) is 2.53. The highest BCUT2D eigenvalue weighted by atomic mass is 35.5. The Balaban J connectivity index is 2.43. The van der Waals surface area contributed by atoms with Crippen LogP contribution in [0, 0.1) is 0 Å². The van der Waals surface area contributed by atoms with Crippen LogP contribution in [0.3, 0.4) is 0 Å². The number of hydrogen-bond donors (Lipinski definition) is 1. The molecule has 0 saturated carbocycles. The molecule has 0 saturated heterocycles. The lowest BCUT2D eigenvalue weighted by atomic mass is 10.2. The average Bonchev–Trinajstić information content (AvgIpc) is 2.42. The van der Waals surface area contributed by atoms with E-state index in [1.165, 1.54) is 0 Å². The van der Waals surface area contributed by atoms with Gasteiger partial charge in [0.15, 0.2) is 0 Å². The van der Waals surface area contributed by atoms with Crippen molar-refractivity contribution in [3.63, 3.8) is 0 Å². The van der Waals surface area contributed by atoms with Crippen LogP contribution in [0.25, 0.3) is 0 Å². The first kappa shape index (κ1) is 12.5. The van der Waals surface area contributed by atoms with Crippen molar-refractivity contribution in [3.05, 3.63) is 54.6 Å². The lowest BCUT2D eigenvalue weighted by Gasteiger charge is -2.22. The third-order valence-corrected chi connectivity index (χ3v) is 2.76. The molecule has 0 aliphatic rings. The number of amides is 1. The first-order chi connectivity index (χ1) is 8.72. The second-order valence-corrected chi connectivity index (χ2v) is 4.06. The lowest BCUT2D eigenvalue weighted by Crippen LogP contribution is -2.26. The Kier molecular flexibility index (Phi) is 3.85. The average molecular weight is 261 g/mol. The number of carbonyl (C=O) groups excluding carboxylic acids is 1. The summed E-state index contributed by atoms with van der Waals surface area (Å²) in [4.78, 5) is 13.5. The van der Waals surface area contributed by atoms with Crippen molar-refractivity contribution in [3.8, 4) is 0 Å². The monoisotopic (exact) mass is 260 g/mol. The zero-order valence-electron chi connectivity index (χ0n) is 9.71. The van der Waals surface area contributed by atoms with Crippen LogP contribution in [0.2, 0.25) is 0 Å².